The Morgan fingerprint density at radius 3 is 2.89 bits per heavy atom. The Hall–Kier alpha value is -1.06. The molecule has 1 aliphatic heterocycles. The summed E-state index contributed by atoms with van der Waals surface area (Å²) < 4.78 is 0. The second-order valence-corrected chi connectivity index (χ2v) is 5.89. The number of hydrogen-bond donors (Lipinski definition) is 1. The summed E-state index contributed by atoms with van der Waals surface area (Å²) in [6, 6.07) is 7.81. The molecule has 1 aliphatic rings. The van der Waals surface area contributed by atoms with E-state index in [9.17, 15) is 4.79 Å². The Kier molecular flexibility index (Phi) is 4.48. The molecule has 2 N–H and O–H groups in total. The van der Waals surface area contributed by atoms with Gasteiger partial charge in [0.1, 0.15) is 0 Å². The summed E-state index contributed by atoms with van der Waals surface area (Å²) in [5.41, 5.74) is 6.68. The lowest BCUT2D eigenvalue weighted by Crippen LogP contribution is -2.37. The van der Waals surface area contributed by atoms with Crippen molar-refractivity contribution >= 4 is 17.5 Å². The van der Waals surface area contributed by atoms with Crippen molar-refractivity contribution in [1.82, 2.24) is 4.90 Å². The lowest BCUT2D eigenvalue weighted by atomic mass is 9.99. The minimum absolute atomic E-state index is 0.155. The van der Waals surface area contributed by atoms with Crippen molar-refractivity contribution in [3.63, 3.8) is 0 Å². The highest BCUT2D eigenvalue weighted by atomic mass is 35.5. The van der Waals surface area contributed by atoms with Crippen LogP contribution in [0.2, 0.25) is 5.02 Å². The maximum atomic E-state index is 12.6. The molecule has 1 aromatic carbocycles. The Balaban J connectivity index is 2.11. The molecule has 3 unspecified atom stereocenters. The first-order chi connectivity index (χ1) is 9.02. The predicted molar refractivity (Wildman–Crippen MR) is 78.2 cm³/mol. The Labute approximate surface area is 119 Å². The molecule has 0 radical (unpaired) electrons. The van der Waals surface area contributed by atoms with Crippen molar-refractivity contribution in [2.24, 2.45) is 11.7 Å². The molecular weight excluding hydrogens is 260 g/mol. The van der Waals surface area contributed by atoms with Gasteiger partial charge in [-0.3, -0.25) is 4.79 Å². The molecule has 0 aromatic heterocycles. The van der Waals surface area contributed by atoms with E-state index in [0.717, 1.165) is 18.5 Å². The zero-order valence-electron chi connectivity index (χ0n) is 11.5. The summed E-state index contributed by atoms with van der Waals surface area (Å²) in [6.45, 7) is 5.47. The minimum atomic E-state index is -0.155. The Morgan fingerprint density at radius 1 is 1.58 bits per heavy atom. The maximum Gasteiger partial charge on any atom is 0.230 e. The van der Waals surface area contributed by atoms with Gasteiger partial charge in [0.15, 0.2) is 0 Å². The SMILES string of the molecule is CC(C(=O)N1CC(CN)CC1C)c1cccc(Cl)c1. The number of benzene rings is 1. The molecule has 2 rings (SSSR count). The fourth-order valence-corrected chi connectivity index (χ4v) is 2.99. The number of carbonyl (C=O) groups excluding carboxylic acids is 1. The highest BCUT2D eigenvalue weighted by molar-refractivity contribution is 6.30. The first-order valence-corrected chi connectivity index (χ1v) is 7.16. The highest BCUT2D eigenvalue weighted by Crippen LogP contribution is 2.28. The number of carbonyl (C=O) groups is 1. The molecule has 3 nitrogen and oxygen atoms in total. The van der Waals surface area contributed by atoms with E-state index >= 15 is 0 Å². The van der Waals surface area contributed by atoms with Gasteiger partial charge in [0, 0.05) is 17.6 Å². The van der Waals surface area contributed by atoms with E-state index in [2.05, 4.69) is 6.92 Å². The van der Waals surface area contributed by atoms with E-state index in [1.807, 2.05) is 36.1 Å². The van der Waals surface area contributed by atoms with Crippen molar-refractivity contribution in [3.05, 3.63) is 34.9 Å². The van der Waals surface area contributed by atoms with Crippen molar-refractivity contribution in [1.29, 1.82) is 0 Å². The second kappa shape index (κ2) is 5.93. The molecule has 3 atom stereocenters. The average Bonchev–Trinajstić information content (AvgIpc) is 2.78. The fraction of sp³-hybridized carbons (Fsp3) is 0.533. The van der Waals surface area contributed by atoms with Gasteiger partial charge in [0.2, 0.25) is 5.91 Å². The van der Waals surface area contributed by atoms with Crippen LogP contribution in [0.25, 0.3) is 0 Å². The summed E-state index contributed by atoms with van der Waals surface area (Å²) in [5.74, 6) is 0.453. The maximum absolute atomic E-state index is 12.6. The third-order valence-electron chi connectivity index (χ3n) is 4.00. The number of nitrogens with zero attached hydrogens (tertiary/aromatic N) is 1. The molecule has 4 heteroatoms. The normalized spacial score (nSPS) is 24.5. The molecule has 1 saturated heterocycles. The Morgan fingerprint density at radius 2 is 2.32 bits per heavy atom. The van der Waals surface area contributed by atoms with Gasteiger partial charge in [-0.15, -0.1) is 0 Å². The van der Waals surface area contributed by atoms with Crippen molar-refractivity contribution in [2.75, 3.05) is 13.1 Å². The van der Waals surface area contributed by atoms with Crippen molar-refractivity contribution in [2.45, 2.75) is 32.2 Å². The molecule has 0 bridgehead atoms. The zero-order chi connectivity index (χ0) is 14.0. The fourth-order valence-electron chi connectivity index (χ4n) is 2.79. The quantitative estimate of drug-likeness (QED) is 0.925. The molecule has 19 heavy (non-hydrogen) atoms. The largest absolute Gasteiger partial charge is 0.339 e. The lowest BCUT2D eigenvalue weighted by Gasteiger charge is -2.25. The standard InChI is InChI=1S/C15H21ClN2O/c1-10-6-12(8-17)9-18(10)15(19)11(2)13-4-3-5-14(16)7-13/h3-5,7,10-12H,6,8-9,17H2,1-2H3. The molecule has 0 saturated carbocycles. The van der Waals surface area contributed by atoms with Crippen molar-refractivity contribution in [3.8, 4) is 0 Å². The first kappa shape index (κ1) is 14.4. The van der Waals surface area contributed by atoms with Crippen LogP contribution >= 0.6 is 11.6 Å². The summed E-state index contributed by atoms with van der Waals surface area (Å²) in [6.07, 6.45) is 1.00. The first-order valence-electron chi connectivity index (χ1n) is 6.79. The van der Waals surface area contributed by atoms with Gasteiger partial charge in [-0.25, -0.2) is 0 Å². The Bertz CT molecular complexity index is 463. The van der Waals surface area contributed by atoms with Crippen LogP contribution in [0.4, 0.5) is 0 Å². The van der Waals surface area contributed by atoms with Crippen LogP contribution in [-0.4, -0.2) is 29.9 Å². The number of nitrogens with two attached hydrogens (primary N) is 1. The van der Waals surface area contributed by atoms with Gasteiger partial charge in [-0.2, -0.15) is 0 Å². The van der Waals surface area contributed by atoms with Crippen LogP contribution in [0, 0.1) is 5.92 Å². The molecule has 104 valence electrons. The topological polar surface area (TPSA) is 46.3 Å². The van der Waals surface area contributed by atoms with E-state index in [1.165, 1.54) is 0 Å². The average molecular weight is 281 g/mol. The number of rotatable bonds is 3. The summed E-state index contributed by atoms with van der Waals surface area (Å²) >= 11 is 5.99. The van der Waals surface area contributed by atoms with E-state index in [-0.39, 0.29) is 17.9 Å². The molecule has 1 heterocycles. The number of halogens is 1. The van der Waals surface area contributed by atoms with Crippen LogP contribution < -0.4 is 5.73 Å². The summed E-state index contributed by atoms with van der Waals surface area (Å²) in [7, 11) is 0. The zero-order valence-corrected chi connectivity index (χ0v) is 12.2. The molecule has 0 spiro atoms. The van der Waals surface area contributed by atoms with Gasteiger partial charge in [-0.1, -0.05) is 23.7 Å². The smallest absolute Gasteiger partial charge is 0.230 e. The monoisotopic (exact) mass is 280 g/mol. The van der Waals surface area contributed by atoms with Gasteiger partial charge >= 0.3 is 0 Å². The molecular formula is C15H21ClN2O. The molecule has 0 aliphatic carbocycles. The van der Waals surface area contributed by atoms with E-state index in [0.29, 0.717) is 17.5 Å². The number of likely N-dealkylation sites (tertiary alicyclic amines) is 1. The van der Waals surface area contributed by atoms with Crippen molar-refractivity contribution < 1.29 is 4.79 Å². The molecule has 1 aromatic rings. The van der Waals surface area contributed by atoms with Crippen LogP contribution in [-0.2, 0) is 4.79 Å². The summed E-state index contributed by atoms with van der Waals surface area (Å²) in [5, 5.41) is 0.673. The number of amides is 1. The third kappa shape index (κ3) is 3.10. The van der Waals surface area contributed by atoms with Crippen LogP contribution in [0.15, 0.2) is 24.3 Å². The van der Waals surface area contributed by atoms with Gasteiger partial charge in [-0.05, 0) is 50.4 Å². The molecule has 1 amide bonds. The van der Waals surface area contributed by atoms with Gasteiger partial charge in [0.05, 0.1) is 5.92 Å². The lowest BCUT2D eigenvalue weighted by molar-refractivity contribution is -0.133. The van der Waals surface area contributed by atoms with Crippen LogP contribution in [0.1, 0.15) is 31.7 Å². The summed E-state index contributed by atoms with van der Waals surface area (Å²) in [4.78, 5) is 14.5. The minimum Gasteiger partial charge on any atom is -0.339 e. The van der Waals surface area contributed by atoms with Gasteiger partial charge < -0.3 is 10.6 Å². The van der Waals surface area contributed by atoms with E-state index in [4.69, 9.17) is 17.3 Å². The molecule has 1 fully saturated rings. The number of hydrogen-bond acceptors (Lipinski definition) is 2. The van der Waals surface area contributed by atoms with E-state index < -0.39 is 0 Å². The van der Waals surface area contributed by atoms with Crippen LogP contribution in [0.5, 0.6) is 0 Å². The van der Waals surface area contributed by atoms with E-state index in [1.54, 1.807) is 0 Å². The third-order valence-corrected chi connectivity index (χ3v) is 4.23. The predicted octanol–water partition coefficient (Wildman–Crippen LogP) is 2.64. The second-order valence-electron chi connectivity index (χ2n) is 5.45. The van der Waals surface area contributed by atoms with Crippen LogP contribution in [0.3, 0.4) is 0 Å². The highest BCUT2D eigenvalue weighted by Gasteiger charge is 2.33. The van der Waals surface area contributed by atoms with Gasteiger partial charge in [0.25, 0.3) is 0 Å².